The molecule has 26 heavy (non-hydrogen) atoms. The normalized spacial score (nSPS) is 14.5. The van der Waals surface area contributed by atoms with Crippen molar-refractivity contribution in [3.05, 3.63) is 82.1 Å². The fraction of sp³-hybridized carbons (Fsp3) is 0.286. The predicted molar refractivity (Wildman–Crippen MR) is 106 cm³/mol. The van der Waals surface area contributed by atoms with Gasteiger partial charge in [0.05, 0.1) is 12.4 Å². The van der Waals surface area contributed by atoms with Gasteiger partial charge < -0.3 is 9.47 Å². The molecule has 2 aromatic carbocycles. The highest BCUT2D eigenvalue weighted by molar-refractivity contribution is 9.10. The molecule has 1 aliphatic heterocycles. The molecule has 0 bridgehead atoms. The molecule has 0 saturated heterocycles. The van der Waals surface area contributed by atoms with E-state index < -0.39 is 0 Å². The molecule has 0 saturated carbocycles. The molecule has 1 unspecified atom stereocenters. The number of likely N-dealkylation sites (N-methyl/N-ethyl adjacent to an activating group) is 1. The average Bonchev–Trinajstić information content (AvgIpc) is 3.30. The van der Waals surface area contributed by atoms with E-state index in [0.29, 0.717) is 0 Å². The summed E-state index contributed by atoms with van der Waals surface area (Å²) in [4.78, 5) is 6.71. The van der Waals surface area contributed by atoms with Crippen LogP contribution in [-0.4, -0.2) is 22.6 Å². The molecule has 134 valence electrons. The first-order valence-corrected chi connectivity index (χ1v) is 9.74. The zero-order chi connectivity index (χ0) is 18.1. The van der Waals surface area contributed by atoms with E-state index in [9.17, 15) is 4.39 Å². The number of anilines is 1. The molecule has 3 aromatic rings. The highest BCUT2D eigenvalue weighted by atomic mass is 79.9. The quantitative estimate of drug-likeness (QED) is 0.586. The zero-order valence-electron chi connectivity index (χ0n) is 14.7. The predicted octanol–water partition coefficient (Wildman–Crippen LogP) is 5.00. The first-order chi connectivity index (χ1) is 12.7. The fourth-order valence-electron chi connectivity index (χ4n) is 3.87. The maximum Gasteiger partial charge on any atom is 0.123 e. The summed E-state index contributed by atoms with van der Waals surface area (Å²) in [5.74, 6) is -0.201. The Balaban J connectivity index is 1.81. The van der Waals surface area contributed by atoms with Gasteiger partial charge in [0.1, 0.15) is 5.82 Å². The summed E-state index contributed by atoms with van der Waals surface area (Å²) in [7, 11) is 0. The highest BCUT2D eigenvalue weighted by Crippen LogP contribution is 2.40. The van der Waals surface area contributed by atoms with Crippen molar-refractivity contribution in [3.63, 3.8) is 0 Å². The average molecular weight is 414 g/mol. The first kappa shape index (κ1) is 17.3. The maximum absolute atomic E-state index is 13.3. The van der Waals surface area contributed by atoms with Crippen molar-refractivity contribution in [1.29, 1.82) is 0 Å². The van der Waals surface area contributed by atoms with E-state index in [1.54, 1.807) is 0 Å². The number of rotatable bonds is 5. The molecule has 1 aromatic heterocycles. The van der Waals surface area contributed by atoms with Gasteiger partial charge in [-0.25, -0.2) is 9.37 Å². The molecule has 5 heteroatoms. The summed E-state index contributed by atoms with van der Waals surface area (Å²) in [6, 6.07) is 11.4. The van der Waals surface area contributed by atoms with Crippen LogP contribution in [0.25, 0.3) is 0 Å². The lowest BCUT2D eigenvalue weighted by molar-refractivity contribution is 0.577. The van der Waals surface area contributed by atoms with Crippen LogP contribution in [0.5, 0.6) is 0 Å². The molecule has 0 radical (unpaired) electrons. The van der Waals surface area contributed by atoms with Gasteiger partial charge in [0.2, 0.25) is 0 Å². The van der Waals surface area contributed by atoms with Gasteiger partial charge in [0, 0.05) is 35.6 Å². The summed E-state index contributed by atoms with van der Waals surface area (Å²) in [5.41, 5.74) is 5.13. The van der Waals surface area contributed by atoms with Crippen molar-refractivity contribution in [2.75, 3.05) is 18.0 Å². The molecule has 1 atom stereocenters. The van der Waals surface area contributed by atoms with E-state index in [4.69, 9.17) is 0 Å². The van der Waals surface area contributed by atoms with Gasteiger partial charge in [0.15, 0.2) is 0 Å². The van der Waals surface area contributed by atoms with Crippen molar-refractivity contribution >= 4 is 21.6 Å². The largest absolute Gasteiger partial charge is 0.371 e. The molecule has 0 amide bonds. The van der Waals surface area contributed by atoms with Gasteiger partial charge in [-0.2, -0.15) is 0 Å². The Labute approximate surface area is 161 Å². The highest BCUT2D eigenvalue weighted by Gasteiger charge is 2.27. The molecule has 2 heterocycles. The van der Waals surface area contributed by atoms with Crippen LogP contribution in [-0.2, 0) is 12.8 Å². The van der Waals surface area contributed by atoms with Crippen LogP contribution in [0, 0.1) is 5.82 Å². The Morgan fingerprint density at radius 3 is 2.73 bits per heavy atom. The number of halogens is 2. The second kappa shape index (κ2) is 7.23. The smallest absolute Gasteiger partial charge is 0.123 e. The van der Waals surface area contributed by atoms with E-state index in [0.717, 1.165) is 36.0 Å². The number of nitrogens with zero attached hydrogens (tertiary/aromatic N) is 3. The van der Waals surface area contributed by atoms with Gasteiger partial charge in [-0.3, -0.25) is 0 Å². The van der Waals surface area contributed by atoms with Gasteiger partial charge in [-0.1, -0.05) is 28.1 Å². The van der Waals surface area contributed by atoms with Crippen molar-refractivity contribution in [2.45, 2.75) is 25.8 Å². The molecular weight excluding hydrogens is 393 g/mol. The van der Waals surface area contributed by atoms with Gasteiger partial charge in [0.25, 0.3) is 0 Å². The minimum Gasteiger partial charge on any atom is -0.371 e. The zero-order valence-corrected chi connectivity index (χ0v) is 16.3. The van der Waals surface area contributed by atoms with Crippen LogP contribution in [0.3, 0.4) is 0 Å². The maximum atomic E-state index is 13.3. The number of hydrogen-bond donors (Lipinski definition) is 0. The summed E-state index contributed by atoms with van der Waals surface area (Å²) >= 11 is 3.69. The molecule has 0 N–H and O–H groups in total. The van der Waals surface area contributed by atoms with Gasteiger partial charge >= 0.3 is 0 Å². The number of aromatic nitrogens is 2. The third-order valence-corrected chi connectivity index (χ3v) is 5.58. The van der Waals surface area contributed by atoms with Crippen LogP contribution in [0.1, 0.15) is 29.7 Å². The summed E-state index contributed by atoms with van der Waals surface area (Å²) in [5, 5.41) is 0. The second-order valence-corrected chi connectivity index (χ2v) is 7.60. The molecule has 0 fully saturated rings. The van der Waals surface area contributed by atoms with Gasteiger partial charge in [-0.15, -0.1) is 0 Å². The molecule has 0 aliphatic carbocycles. The SMILES string of the molecule is CCN1CCc2cc(Br)cc(C(Cc3ccc(F)cc3)n3ccnc3)c21. The first-order valence-electron chi connectivity index (χ1n) is 8.95. The van der Waals surface area contributed by atoms with Crippen molar-refractivity contribution < 1.29 is 4.39 Å². The van der Waals surface area contributed by atoms with Crippen LogP contribution in [0.15, 0.2) is 59.6 Å². The minimum absolute atomic E-state index is 0.112. The standard InChI is InChI=1S/C21H21BrFN3/c1-2-25-9-7-16-12-17(22)13-19(21(16)25)20(26-10-8-24-14-26)11-15-3-5-18(23)6-4-15/h3-6,8,10,12-14,20H,2,7,9,11H2,1H3. The van der Waals surface area contributed by atoms with Gasteiger partial charge in [-0.05, 0) is 60.7 Å². The monoisotopic (exact) mass is 413 g/mol. The summed E-state index contributed by atoms with van der Waals surface area (Å²) < 4.78 is 16.6. The number of benzene rings is 2. The Hall–Kier alpha value is -2.14. The van der Waals surface area contributed by atoms with Crippen LogP contribution in [0.2, 0.25) is 0 Å². The van der Waals surface area contributed by atoms with E-state index in [-0.39, 0.29) is 11.9 Å². The molecule has 1 aliphatic rings. The summed E-state index contributed by atoms with van der Waals surface area (Å²) in [6.45, 7) is 4.25. The minimum atomic E-state index is -0.201. The van der Waals surface area contributed by atoms with Crippen LogP contribution >= 0.6 is 15.9 Å². The number of fused-ring (bicyclic) bond motifs is 1. The molecule has 4 rings (SSSR count). The fourth-order valence-corrected chi connectivity index (χ4v) is 4.39. The lowest BCUT2D eigenvalue weighted by Crippen LogP contribution is -2.23. The molecule has 0 spiro atoms. The Bertz CT molecular complexity index is 890. The van der Waals surface area contributed by atoms with Crippen molar-refractivity contribution in [3.8, 4) is 0 Å². The van der Waals surface area contributed by atoms with Crippen molar-refractivity contribution in [2.24, 2.45) is 0 Å². The third kappa shape index (κ3) is 3.28. The second-order valence-electron chi connectivity index (χ2n) is 6.69. The summed E-state index contributed by atoms with van der Waals surface area (Å²) in [6.07, 6.45) is 7.55. The number of hydrogen-bond acceptors (Lipinski definition) is 2. The van der Waals surface area contributed by atoms with E-state index in [1.807, 2.05) is 30.9 Å². The lowest BCUT2D eigenvalue weighted by atomic mass is 9.95. The third-order valence-electron chi connectivity index (χ3n) is 5.12. The topological polar surface area (TPSA) is 21.1 Å². The van der Waals surface area contributed by atoms with Crippen LogP contribution in [0.4, 0.5) is 10.1 Å². The van der Waals surface area contributed by atoms with Crippen molar-refractivity contribution in [1.82, 2.24) is 9.55 Å². The lowest BCUT2D eigenvalue weighted by Gasteiger charge is -2.27. The van der Waals surface area contributed by atoms with E-state index in [1.165, 1.54) is 28.9 Å². The Morgan fingerprint density at radius 1 is 1.23 bits per heavy atom. The van der Waals surface area contributed by atoms with Crippen LogP contribution < -0.4 is 4.90 Å². The number of imidazole rings is 1. The molecular formula is C21H21BrFN3. The van der Waals surface area contributed by atoms with E-state index >= 15 is 0 Å². The Kier molecular flexibility index (Phi) is 4.81. The molecule has 3 nitrogen and oxygen atoms in total. The Morgan fingerprint density at radius 2 is 2.04 bits per heavy atom. The van der Waals surface area contributed by atoms with E-state index in [2.05, 4.69) is 49.4 Å².